The van der Waals surface area contributed by atoms with Gasteiger partial charge in [-0.05, 0) is 34.3 Å². The lowest BCUT2D eigenvalue weighted by molar-refractivity contribution is -0.384. The van der Waals surface area contributed by atoms with Crippen LogP contribution in [0.15, 0.2) is 22.7 Å². The minimum atomic E-state index is -0.390. The van der Waals surface area contributed by atoms with E-state index in [1.807, 2.05) is 0 Å². The molecule has 1 aromatic carbocycles. The molecular weight excluding hydrogens is 298 g/mol. The van der Waals surface area contributed by atoms with Gasteiger partial charge < -0.3 is 10.6 Å². The van der Waals surface area contributed by atoms with Gasteiger partial charge in [0.05, 0.1) is 10.6 Å². The molecule has 0 radical (unpaired) electrons. The predicted octanol–water partition coefficient (Wildman–Crippen LogP) is 2.53. The van der Waals surface area contributed by atoms with Gasteiger partial charge in [0.1, 0.15) is 0 Å². The number of nitro benzene ring substituents is 1. The second-order valence-electron chi connectivity index (χ2n) is 4.90. The van der Waals surface area contributed by atoms with E-state index in [1.54, 1.807) is 12.1 Å². The second kappa shape index (κ2) is 5.24. The van der Waals surface area contributed by atoms with Crippen LogP contribution in [-0.2, 0) is 0 Å². The summed E-state index contributed by atoms with van der Waals surface area (Å²) in [5, 5.41) is 10.7. The molecule has 18 heavy (non-hydrogen) atoms. The zero-order chi connectivity index (χ0) is 13.3. The number of anilines is 1. The summed E-state index contributed by atoms with van der Waals surface area (Å²) in [5.41, 5.74) is 7.09. The van der Waals surface area contributed by atoms with Crippen molar-refractivity contribution in [2.24, 2.45) is 11.7 Å². The first kappa shape index (κ1) is 13.3. The normalized spacial score (nSPS) is 24.1. The quantitative estimate of drug-likeness (QED) is 0.672. The molecule has 6 heteroatoms. The molecule has 0 spiro atoms. The molecule has 0 aromatic heterocycles. The van der Waals surface area contributed by atoms with Crippen molar-refractivity contribution in [2.45, 2.75) is 19.4 Å². The third-order valence-corrected chi connectivity index (χ3v) is 3.81. The van der Waals surface area contributed by atoms with Crippen LogP contribution in [0.3, 0.4) is 0 Å². The van der Waals surface area contributed by atoms with Gasteiger partial charge in [-0.15, -0.1) is 0 Å². The van der Waals surface area contributed by atoms with Gasteiger partial charge in [-0.1, -0.05) is 6.92 Å². The highest BCUT2D eigenvalue weighted by Crippen LogP contribution is 2.32. The number of hydrogen-bond acceptors (Lipinski definition) is 4. The molecular formula is C12H16BrN3O2. The SMILES string of the molecule is CC1CC(N)CN(c2ccc([N+](=O)[O-])cc2Br)C1. The Hall–Kier alpha value is -1.14. The first-order chi connectivity index (χ1) is 8.47. The van der Waals surface area contributed by atoms with E-state index in [-0.39, 0.29) is 16.7 Å². The molecule has 0 aliphatic carbocycles. The Morgan fingerprint density at radius 3 is 2.78 bits per heavy atom. The zero-order valence-electron chi connectivity index (χ0n) is 10.2. The summed E-state index contributed by atoms with van der Waals surface area (Å²) in [6, 6.07) is 5.02. The van der Waals surface area contributed by atoms with Crippen LogP contribution in [-0.4, -0.2) is 24.1 Å². The minimum absolute atomic E-state index is 0.0972. The molecule has 0 amide bonds. The van der Waals surface area contributed by atoms with E-state index in [4.69, 9.17) is 5.73 Å². The highest BCUT2D eigenvalue weighted by Gasteiger charge is 2.24. The monoisotopic (exact) mass is 313 g/mol. The van der Waals surface area contributed by atoms with E-state index in [2.05, 4.69) is 27.8 Å². The summed E-state index contributed by atoms with van der Waals surface area (Å²) >= 11 is 3.40. The molecule has 0 bridgehead atoms. The summed E-state index contributed by atoms with van der Waals surface area (Å²) in [4.78, 5) is 12.5. The maximum Gasteiger partial charge on any atom is 0.270 e. The van der Waals surface area contributed by atoms with E-state index < -0.39 is 0 Å². The van der Waals surface area contributed by atoms with Crippen molar-refractivity contribution in [1.82, 2.24) is 0 Å². The van der Waals surface area contributed by atoms with E-state index in [0.29, 0.717) is 5.92 Å². The Balaban J connectivity index is 2.25. The van der Waals surface area contributed by atoms with Crippen LogP contribution >= 0.6 is 15.9 Å². The van der Waals surface area contributed by atoms with Crippen molar-refractivity contribution in [3.05, 3.63) is 32.8 Å². The molecule has 0 saturated carbocycles. The van der Waals surface area contributed by atoms with Crippen LogP contribution in [0.1, 0.15) is 13.3 Å². The molecule has 1 aromatic rings. The topological polar surface area (TPSA) is 72.4 Å². The van der Waals surface area contributed by atoms with Crippen molar-refractivity contribution >= 4 is 27.3 Å². The van der Waals surface area contributed by atoms with Crippen LogP contribution in [0.4, 0.5) is 11.4 Å². The third kappa shape index (κ3) is 2.81. The minimum Gasteiger partial charge on any atom is -0.369 e. The average molecular weight is 314 g/mol. The fraction of sp³-hybridized carbons (Fsp3) is 0.500. The predicted molar refractivity (Wildman–Crippen MR) is 74.8 cm³/mol. The van der Waals surface area contributed by atoms with Crippen molar-refractivity contribution in [2.75, 3.05) is 18.0 Å². The number of piperidine rings is 1. The Morgan fingerprint density at radius 2 is 2.22 bits per heavy atom. The number of halogens is 1. The van der Waals surface area contributed by atoms with Gasteiger partial charge in [0, 0.05) is 35.7 Å². The Labute approximate surface area is 114 Å². The summed E-state index contributed by atoms with van der Waals surface area (Å²) in [6.07, 6.45) is 1.03. The highest BCUT2D eigenvalue weighted by molar-refractivity contribution is 9.10. The molecule has 1 aliphatic heterocycles. The van der Waals surface area contributed by atoms with Gasteiger partial charge in [0.15, 0.2) is 0 Å². The first-order valence-corrected chi connectivity index (χ1v) is 6.71. The van der Waals surface area contributed by atoms with E-state index in [0.717, 1.165) is 29.7 Å². The number of nitrogens with zero attached hydrogens (tertiary/aromatic N) is 2. The Kier molecular flexibility index (Phi) is 3.87. The number of benzene rings is 1. The van der Waals surface area contributed by atoms with Gasteiger partial charge in [-0.2, -0.15) is 0 Å². The van der Waals surface area contributed by atoms with Crippen molar-refractivity contribution in [1.29, 1.82) is 0 Å². The summed E-state index contributed by atoms with van der Waals surface area (Å²) < 4.78 is 0.748. The fourth-order valence-corrected chi connectivity index (χ4v) is 3.08. The number of nitro groups is 1. The van der Waals surface area contributed by atoms with Crippen LogP contribution in [0.5, 0.6) is 0 Å². The van der Waals surface area contributed by atoms with Crippen LogP contribution < -0.4 is 10.6 Å². The number of nitrogens with two attached hydrogens (primary N) is 1. The fourth-order valence-electron chi connectivity index (χ4n) is 2.46. The Bertz CT molecular complexity index is 457. The molecule has 1 heterocycles. The number of hydrogen-bond donors (Lipinski definition) is 1. The molecule has 2 unspecified atom stereocenters. The second-order valence-corrected chi connectivity index (χ2v) is 5.75. The lowest BCUT2D eigenvalue weighted by atomic mass is 9.96. The largest absolute Gasteiger partial charge is 0.369 e. The van der Waals surface area contributed by atoms with Gasteiger partial charge >= 0.3 is 0 Å². The lowest BCUT2D eigenvalue weighted by Gasteiger charge is -2.36. The third-order valence-electron chi connectivity index (χ3n) is 3.17. The Morgan fingerprint density at radius 1 is 1.50 bits per heavy atom. The van der Waals surface area contributed by atoms with Gasteiger partial charge in [-0.25, -0.2) is 0 Å². The van der Waals surface area contributed by atoms with Gasteiger partial charge in [-0.3, -0.25) is 10.1 Å². The van der Waals surface area contributed by atoms with E-state index in [1.165, 1.54) is 6.07 Å². The van der Waals surface area contributed by atoms with Crippen LogP contribution in [0.2, 0.25) is 0 Å². The molecule has 1 saturated heterocycles. The molecule has 1 fully saturated rings. The zero-order valence-corrected chi connectivity index (χ0v) is 11.8. The van der Waals surface area contributed by atoms with Crippen molar-refractivity contribution in [3.63, 3.8) is 0 Å². The maximum atomic E-state index is 10.7. The summed E-state index contributed by atoms with van der Waals surface area (Å²) in [6.45, 7) is 3.90. The maximum absolute atomic E-state index is 10.7. The van der Waals surface area contributed by atoms with Gasteiger partial charge in [0.25, 0.3) is 5.69 Å². The molecule has 2 atom stereocenters. The van der Waals surface area contributed by atoms with Crippen molar-refractivity contribution in [3.8, 4) is 0 Å². The summed E-state index contributed by atoms with van der Waals surface area (Å²) in [5.74, 6) is 0.538. The number of non-ortho nitro benzene ring substituents is 1. The molecule has 1 aliphatic rings. The smallest absolute Gasteiger partial charge is 0.270 e. The van der Waals surface area contributed by atoms with Gasteiger partial charge in [0.2, 0.25) is 0 Å². The molecule has 2 rings (SSSR count). The van der Waals surface area contributed by atoms with Crippen LogP contribution in [0.25, 0.3) is 0 Å². The molecule has 5 nitrogen and oxygen atoms in total. The number of rotatable bonds is 2. The highest BCUT2D eigenvalue weighted by atomic mass is 79.9. The van der Waals surface area contributed by atoms with Crippen molar-refractivity contribution < 1.29 is 4.92 Å². The van der Waals surface area contributed by atoms with E-state index >= 15 is 0 Å². The average Bonchev–Trinajstić information content (AvgIpc) is 2.27. The van der Waals surface area contributed by atoms with E-state index in [9.17, 15) is 10.1 Å². The summed E-state index contributed by atoms with van der Waals surface area (Å²) in [7, 11) is 0. The van der Waals surface area contributed by atoms with Crippen LogP contribution in [0, 0.1) is 16.0 Å². The molecule has 98 valence electrons. The molecule has 2 N–H and O–H groups in total. The first-order valence-electron chi connectivity index (χ1n) is 5.92. The lowest BCUT2D eigenvalue weighted by Crippen LogP contribution is -2.46. The standard InChI is InChI=1S/C12H16BrN3O2/c1-8-4-9(14)7-15(6-8)12-3-2-10(16(17)18)5-11(12)13/h2-3,5,8-9H,4,6-7,14H2,1H3.